The van der Waals surface area contributed by atoms with Gasteiger partial charge < -0.3 is 0 Å². The zero-order valence-electron chi connectivity index (χ0n) is 10.9. The molecule has 1 atom stereocenters. The standard InChI is InChI=1S/C13H25N3/c1-4-7-8-10-11(6-3)13-14-12(9-5-2)15-16-13/h11H,4-10H2,1-3H3,(H,14,15,16). The molecule has 3 heteroatoms. The molecule has 1 unspecified atom stereocenters. The SMILES string of the molecule is CCCCCC(CC)c1n[nH]c(CCC)n1. The van der Waals surface area contributed by atoms with Crippen LogP contribution in [-0.2, 0) is 6.42 Å². The quantitative estimate of drug-likeness (QED) is 0.680. The molecule has 0 aliphatic carbocycles. The lowest BCUT2D eigenvalue weighted by atomic mass is 9.98. The van der Waals surface area contributed by atoms with Gasteiger partial charge in [0.1, 0.15) is 5.82 Å². The second-order valence-electron chi connectivity index (χ2n) is 4.49. The van der Waals surface area contributed by atoms with Crippen LogP contribution in [0.4, 0.5) is 0 Å². The van der Waals surface area contributed by atoms with E-state index in [1.54, 1.807) is 0 Å². The maximum absolute atomic E-state index is 4.58. The smallest absolute Gasteiger partial charge is 0.153 e. The second-order valence-corrected chi connectivity index (χ2v) is 4.49. The Bertz CT molecular complexity index is 280. The molecule has 1 N–H and O–H groups in total. The lowest BCUT2D eigenvalue weighted by Gasteiger charge is -2.09. The van der Waals surface area contributed by atoms with Gasteiger partial charge in [0.2, 0.25) is 0 Å². The van der Waals surface area contributed by atoms with Gasteiger partial charge in [-0.25, -0.2) is 4.98 Å². The summed E-state index contributed by atoms with van der Waals surface area (Å²) in [5, 5.41) is 7.40. The third-order valence-electron chi connectivity index (χ3n) is 3.05. The van der Waals surface area contributed by atoms with Crippen molar-refractivity contribution >= 4 is 0 Å². The molecular formula is C13H25N3. The molecule has 0 bridgehead atoms. The Morgan fingerprint density at radius 1 is 1.12 bits per heavy atom. The van der Waals surface area contributed by atoms with Crippen LogP contribution in [0.2, 0.25) is 0 Å². The van der Waals surface area contributed by atoms with Crippen molar-refractivity contribution in [3.63, 3.8) is 0 Å². The van der Waals surface area contributed by atoms with E-state index in [1.165, 1.54) is 25.7 Å². The van der Waals surface area contributed by atoms with Crippen molar-refractivity contribution in [2.75, 3.05) is 0 Å². The first kappa shape index (κ1) is 13.2. The Hall–Kier alpha value is -0.860. The molecule has 0 amide bonds. The number of H-pyrrole nitrogens is 1. The number of hydrogen-bond acceptors (Lipinski definition) is 2. The van der Waals surface area contributed by atoms with Crippen LogP contribution in [0.25, 0.3) is 0 Å². The first-order valence-corrected chi connectivity index (χ1v) is 6.72. The number of aryl methyl sites for hydroxylation is 1. The fraction of sp³-hybridized carbons (Fsp3) is 0.846. The van der Waals surface area contributed by atoms with Gasteiger partial charge in [-0.1, -0.05) is 40.0 Å². The zero-order valence-corrected chi connectivity index (χ0v) is 10.9. The van der Waals surface area contributed by atoms with E-state index in [4.69, 9.17) is 0 Å². The zero-order chi connectivity index (χ0) is 11.8. The fourth-order valence-electron chi connectivity index (χ4n) is 2.00. The molecule has 1 heterocycles. The van der Waals surface area contributed by atoms with E-state index in [0.29, 0.717) is 5.92 Å². The lowest BCUT2D eigenvalue weighted by molar-refractivity contribution is 0.531. The Balaban J connectivity index is 2.49. The molecule has 0 saturated carbocycles. The molecule has 0 radical (unpaired) electrons. The maximum Gasteiger partial charge on any atom is 0.153 e. The normalized spacial score (nSPS) is 12.9. The van der Waals surface area contributed by atoms with Gasteiger partial charge in [-0.15, -0.1) is 0 Å². The molecular weight excluding hydrogens is 198 g/mol. The van der Waals surface area contributed by atoms with Crippen molar-refractivity contribution in [3.8, 4) is 0 Å². The van der Waals surface area contributed by atoms with E-state index in [9.17, 15) is 0 Å². The highest BCUT2D eigenvalue weighted by molar-refractivity contribution is 4.97. The van der Waals surface area contributed by atoms with Crippen LogP contribution < -0.4 is 0 Å². The van der Waals surface area contributed by atoms with E-state index in [2.05, 4.69) is 36.0 Å². The lowest BCUT2D eigenvalue weighted by Crippen LogP contribution is -2.00. The predicted molar refractivity (Wildman–Crippen MR) is 67.6 cm³/mol. The second kappa shape index (κ2) is 7.42. The van der Waals surface area contributed by atoms with E-state index < -0.39 is 0 Å². The van der Waals surface area contributed by atoms with E-state index >= 15 is 0 Å². The Morgan fingerprint density at radius 2 is 1.94 bits per heavy atom. The van der Waals surface area contributed by atoms with Gasteiger partial charge in [0, 0.05) is 12.3 Å². The summed E-state index contributed by atoms with van der Waals surface area (Å²) in [6.45, 7) is 6.64. The van der Waals surface area contributed by atoms with Crippen molar-refractivity contribution in [3.05, 3.63) is 11.6 Å². The highest BCUT2D eigenvalue weighted by atomic mass is 15.2. The maximum atomic E-state index is 4.58. The monoisotopic (exact) mass is 223 g/mol. The van der Waals surface area contributed by atoms with Crippen LogP contribution in [0.3, 0.4) is 0 Å². The van der Waals surface area contributed by atoms with Crippen molar-refractivity contribution < 1.29 is 0 Å². The molecule has 1 rings (SSSR count). The van der Waals surface area contributed by atoms with Gasteiger partial charge >= 0.3 is 0 Å². The number of aromatic nitrogens is 3. The highest BCUT2D eigenvalue weighted by Crippen LogP contribution is 2.22. The third kappa shape index (κ3) is 3.95. The van der Waals surface area contributed by atoms with E-state index in [0.717, 1.165) is 30.9 Å². The van der Waals surface area contributed by atoms with Crippen LogP contribution >= 0.6 is 0 Å². The molecule has 3 nitrogen and oxygen atoms in total. The van der Waals surface area contributed by atoms with E-state index in [-0.39, 0.29) is 0 Å². The average Bonchev–Trinajstić information content (AvgIpc) is 2.74. The van der Waals surface area contributed by atoms with E-state index in [1.807, 2.05) is 0 Å². The topological polar surface area (TPSA) is 41.6 Å². The van der Waals surface area contributed by atoms with Crippen molar-refractivity contribution in [2.24, 2.45) is 0 Å². The number of hydrogen-bond donors (Lipinski definition) is 1. The minimum Gasteiger partial charge on any atom is -0.263 e. The molecule has 0 aliphatic rings. The Kier molecular flexibility index (Phi) is 6.12. The van der Waals surface area contributed by atoms with Gasteiger partial charge in [-0.3, -0.25) is 5.10 Å². The van der Waals surface area contributed by atoms with Gasteiger partial charge in [-0.05, 0) is 19.3 Å². The van der Waals surface area contributed by atoms with Gasteiger partial charge in [0.15, 0.2) is 5.82 Å². The summed E-state index contributed by atoms with van der Waals surface area (Å²) < 4.78 is 0. The summed E-state index contributed by atoms with van der Waals surface area (Å²) in [6, 6.07) is 0. The van der Waals surface area contributed by atoms with Crippen molar-refractivity contribution in [2.45, 2.75) is 71.6 Å². The number of nitrogens with one attached hydrogen (secondary N) is 1. The summed E-state index contributed by atoms with van der Waals surface area (Å²) >= 11 is 0. The minimum atomic E-state index is 0.549. The third-order valence-corrected chi connectivity index (χ3v) is 3.05. The molecule has 1 aromatic rings. The van der Waals surface area contributed by atoms with Crippen LogP contribution in [0.15, 0.2) is 0 Å². The number of nitrogens with zero attached hydrogens (tertiary/aromatic N) is 2. The van der Waals surface area contributed by atoms with Crippen molar-refractivity contribution in [1.82, 2.24) is 15.2 Å². The summed E-state index contributed by atoms with van der Waals surface area (Å²) in [5.74, 6) is 2.63. The first-order chi connectivity index (χ1) is 7.81. The van der Waals surface area contributed by atoms with Crippen molar-refractivity contribution in [1.29, 1.82) is 0 Å². The molecule has 92 valence electrons. The first-order valence-electron chi connectivity index (χ1n) is 6.72. The largest absolute Gasteiger partial charge is 0.263 e. The molecule has 1 aromatic heterocycles. The highest BCUT2D eigenvalue weighted by Gasteiger charge is 2.14. The molecule has 16 heavy (non-hydrogen) atoms. The minimum absolute atomic E-state index is 0.549. The summed E-state index contributed by atoms with van der Waals surface area (Å²) in [5.41, 5.74) is 0. The number of rotatable bonds is 8. The van der Waals surface area contributed by atoms with Crippen LogP contribution in [0.5, 0.6) is 0 Å². The fourth-order valence-corrected chi connectivity index (χ4v) is 2.00. The van der Waals surface area contributed by atoms with Crippen LogP contribution in [-0.4, -0.2) is 15.2 Å². The van der Waals surface area contributed by atoms with Gasteiger partial charge in [-0.2, -0.15) is 5.10 Å². The molecule has 0 aromatic carbocycles. The van der Waals surface area contributed by atoms with Gasteiger partial charge in [0.05, 0.1) is 0 Å². The predicted octanol–water partition coefficient (Wildman–Crippen LogP) is 3.83. The summed E-state index contributed by atoms with van der Waals surface area (Å²) in [6.07, 6.45) is 8.42. The average molecular weight is 223 g/mol. The van der Waals surface area contributed by atoms with Gasteiger partial charge in [0.25, 0.3) is 0 Å². The van der Waals surface area contributed by atoms with Crippen LogP contribution in [0, 0.1) is 0 Å². The van der Waals surface area contributed by atoms with Crippen LogP contribution in [0.1, 0.15) is 76.9 Å². The Morgan fingerprint density at radius 3 is 2.56 bits per heavy atom. The summed E-state index contributed by atoms with van der Waals surface area (Å²) in [7, 11) is 0. The molecule has 0 saturated heterocycles. The number of aromatic amines is 1. The molecule has 0 aliphatic heterocycles. The number of unbranched alkanes of at least 4 members (excludes halogenated alkanes) is 2. The molecule has 0 spiro atoms. The Labute approximate surface area is 99.1 Å². The summed E-state index contributed by atoms with van der Waals surface area (Å²) in [4.78, 5) is 4.58. The molecule has 0 fully saturated rings.